The van der Waals surface area contributed by atoms with Gasteiger partial charge < -0.3 is 10.2 Å². The Bertz CT molecular complexity index is 789. The highest BCUT2D eigenvalue weighted by Crippen LogP contribution is 2.46. The van der Waals surface area contributed by atoms with Gasteiger partial charge in [0.05, 0.1) is 6.04 Å². The van der Waals surface area contributed by atoms with Gasteiger partial charge in [0.15, 0.2) is 0 Å². The summed E-state index contributed by atoms with van der Waals surface area (Å²) in [7, 11) is 0. The van der Waals surface area contributed by atoms with Crippen LogP contribution in [0.25, 0.3) is 0 Å². The molecular weight excluding hydrogens is 300 g/mol. The third-order valence-electron chi connectivity index (χ3n) is 5.51. The van der Waals surface area contributed by atoms with Gasteiger partial charge in [-0.3, -0.25) is 9.59 Å². The number of aryl methyl sites for hydroxylation is 2. The fraction of sp³-hybridized carbons (Fsp3) is 0.300. The van der Waals surface area contributed by atoms with Crippen molar-refractivity contribution in [1.82, 2.24) is 10.2 Å². The van der Waals surface area contributed by atoms with Crippen LogP contribution in [0.4, 0.5) is 0 Å². The highest BCUT2D eigenvalue weighted by Gasteiger charge is 2.47. The van der Waals surface area contributed by atoms with Gasteiger partial charge in [-0.15, -0.1) is 0 Å². The second kappa shape index (κ2) is 5.78. The fourth-order valence-electron chi connectivity index (χ4n) is 4.44. The van der Waals surface area contributed by atoms with Gasteiger partial charge in [-0.2, -0.15) is 0 Å². The molecule has 2 aliphatic carbocycles. The molecule has 1 N–H and O–H groups in total. The van der Waals surface area contributed by atoms with Crippen molar-refractivity contribution in [3.05, 3.63) is 70.8 Å². The Hall–Kier alpha value is -2.62. The van der Waals surface area contributed by atoms with Gasteiger partial charge in [0.1, 0.15) is 5.66 Å². The summed E-state index contributed by atoms with van der Waals surface area (Å²) in [5.41, 5.74) is 3.98. The number of rotatable bonds is 5. The Balaban J connectivity index is 1.82. The van der Waals surface area contributed by atoms with E-state index in [2.05, 4.69) is 23.5 Å². The Morgan fingerprint density at radius 2 is 1.75 bits per heavy atom. The van der Waals surface area contributed by atoms with E-state index >= 15 is 0 Å². The van der Waals surface area contributed by atoms with Crippen LogP contribution in [-0.4, -0.2) is 17.7 Å². The highest BCUT2D eigenvalue weighted by atomic mass is 16.1. The van der Waals surface area contributed by atoms with Crippen molar-refractivity contribution in [3.63, 3.8) is 0 Å². The maximum Gasteiger partial charge on any atom is 0.212 e. The Morgan fingerprint density at radius 1 is 1.00 bits per heavy atom. The standard InChI is InChI=1S/C20H20N2O2/c23-13-21-20(12-11-16-6-2-4-8-18(16)20)22(14-24)19-10-9-15-5-1-3-7-17(15)19/h1-8,13-14,19H,9-12H2,(H,21,23)/t19?,20-/m1/s1. The molecular formula is C20H20N2O2. The molecule has 0 aliphatic heterocycles. The molecule has 2 amide bonds. The lowest BCUT2D eigenvalue weighted by atomic mass is 9.96. The Kier molecular flexibility index (Phi) is 3.60. The van der Waals surface area contributed by atoms with E-state index in [1.165, 1.54) is 16.7 Å². The summed E-state index contributed by atoms with van der Waals surface area (Å²) in [5, 5.41) is 2.99. The predicted molar refractivity (Wildman–Crippen MR) is 91.0 cm³/mol. The minimum absolute atomic E-state index is 0.00249. The van der Waals surface area contributed by atoms with Crippen LogP contribution in [-0.2, 0) is 28.1 Å². The van der Waals surface area contributed by atoms with E-state index in [4.69, 9.17) is 0 Å². The minimum Gasteiger partial charge on any atom is -0.332 e. The molecule has 0 heterocycles. The maximum absolute atomic E-state index is 12.1. The minimum atomic E-state index is -0.748. The lowest BCUT2D eigenvalue weighted by molar-refractivity contribution is -0.132. The zero-order chi connectivity index (χ0) is 16.6. The van der Waals surface area contributed by atoms with Crippen molar-refractivity contribution in [3.8, 4) is 0 Å². The molecule has 0 saturated carbocycles. The van der Waals surface area contributed by atoms with Gasteiger partial charge >= 0.3 is 0 Å². The number of hydrogen-bond donors (Lipinski definition) is 1. The van der Waals surface area contributed by atoms with Crippen molar-refractivity contribution in [2.24, 2.45) is 0 Å². The smallest absolute Gasteiger partial charge is 0.212 e. The van der Waals surface area contributed by atoms with Gasteiger partial charge in [-0.25, -0.2) is 0 Å². The van der Waals surface area contributed by atoms with E-state index in [1.54, 1.807) is 0 Å². The van der Waals surface area contributed by atoms with E-state index in [0.717, 1.165) is 37.6 Å². The number of carbonyl (C=O) groups excluding carboxylic acids is 2. The molecule has 1 unspecified atom stereocenters. The van der Waals surface area contributed by atoms with E-state index in [-0.39, 0.29) is 6.04 Å². The van der Waals surface area contributed by atoms with Crippen LogP contribution in [0, 0.1) is 0 Å². The lowest BCUT2D eigenvalue weighted by Crippen LogP contribution is -2.55. The number of hydrogen-bond acceptors (Lipinski definition) is 2. The zero-order valence-electron chi connectivity index (χ0n) is 13.4. The van der Waals surface area contributed by atoms with Gasteiger partial charge in [-0.1, -0.05) is 48.5 Å². The molecule has 0 aromatic heterocycles. The summed E-state index contributed by atoms with van der Waals surface area (Å²) in [5.74, 6) is 0. The molecule has 0 saturated heterocycles. The Labute approximate surface area is 141 Å². The van der Waals surface area contributed by atoms with E-state index in [0.29, 0.717) is 6.42 Å². The van der Waals surface area contributed by atoms with Crippen molar-refractivity contribution >= 4 is 12.8 Å². The normalized spacial score (nSPS) is 24.1. The van der Waals surface area contributed by atoms with Gasteiger partial charge in [0, 0.05) is 5.56 Å². The molecule has 24 heavy (non-hydrogen) atoms. The molecule has 2 aromatic carbocycles. The first kappa shape index (κ1) is 14.9. The Morgan fingerprint density at radius 3 is 2.54 bits per heavy atom. The van der Waals surface area contributed by atoms with Crippen molar-refractivity contribution in [2.75, 3.05) is 0 Å². The summed E-state index contributed by atoms with van der Waals surface area (Å²) >= 11 is 0. The largest absolute Gasteiger partial charge is 0.332 e. The van der Waals surface area contributed by atoms with Gasteiger partial charge in [-0.05, 0) is 42.4 Å². The lowest BCUT2D eigenvalue weighted by Gasteiger charge is -2.43. The summed E-state index contributed by atoms with van der Waals surface area (Å²) in [4.78, 5) is 25.4. The first-order valence-electron chi connectivity index (χ1n) is 8.41. The van der Waals surface area contributed by atoms with Crippen LogP contribution in [0.15, 0.2) is 48.5 Å². The van der Waals surface area contributed by atoms with Gasteiger partial charge in [0.25, 0.3) is 0 Å². The maximum atomic E-state index is 12.1. The molecule has 2 atom stereocenters. The summed E-state index contributed by atoms with van der Waals surface area (Å²) < 4.78 is 0. The zero-order valence-corrected chi connectivity index (χ0v) is 13.4. The first-order chi connectivity index (χ1) is 11.8. The number of amides is 2. The average molecular weight is 320 g/mol. The first-order valence-corrected chi connectivity index (χ1v) is 8.41. The predicted octanol–water partition coefficient (Wildman–Crippen LogP) is 2.68. The van der Waals surface area contributed by atoms with Crippen LogP contribution >= 0.6 is 0 Å². The van der Waals surface area contributed by atoms with Crippen LogP contribution in [0.1, 0.15) is 41.1 Å². The van der Waals surface area contributed by atoms with Crippen molar-refractivity contribution in [1.29, 1.82) is 0 Å². The van der Waals surface area contributed by atoms with Crippen LogP contribution < -0.4 is 5.32 Å². The molecule has 4 nitrogen and oxygen atoms in total. The third kappa shape index (κ3) is 2.06. The monoisotopic (exact) mass is 320 g/mol. The molecule has 0 radical (unpaired) electrons. The fourth-order valence-corrected chi connectivity index (χ4v) is 4.44. The summed E-state index contributed by atoms with van der Waals surface area (Å²) in [6.07, 6.45) is 5.05. The number of carbonyl (C=O) groups is 2. The van der Waals surface area contributed by atoms with E-state index in [1.807, 2.05) is 35.2 Å². The van der Waals surface area contributed by atoms with Crippen LogP contribution in [0.5, 0.6) is 0 Å². The number of fused-ring (bicyclic) bond motifs is 2. The molecule has 4 rings (SSSR count). The van der Waals surface area contributed by atoms with E-state index < -0.39 is 5.66 Å². The second-order valence-electron chi connectivity index (χ2n) is 6.55. The average Bonchev–Trinajstić information content (AvgIpc) is 3.20. The summed E-state index contributed by atoms with van der Waals surface area (Å²) in [6, 6.07) is 16.4. The van der Waals surface area contributed by atoms with Crippen LogP contribution in [0.2, 0.25) is 0 Å². The molecule has 0 fully saturated rings. The number of nitrogens with zero attached hydrogens (tertiary/aromatic N) is 1. The molecule has 2 aromatic rings. The summed E-state index contributed by atoms with van der Waals surface area (Å²) in [6.45, 7) is 0. The quantitative estimate of drug-likeness (QED) is 0.680. The molecule has 0 bridgehead atoms. The molecule has 0 spiro atoms. The molecule has 2 aliphatic rings. The highest BCUT2D eigenvalue weighted by molar-refractivity contribution is 5.59. The second-order valence-corrected chi connectivity index (χ2v) is 6.55. The third-order valence-corrected chi connectivity index (χ3v) is 5.51. The number of nitrogens with one attached hydrogen (secondary N) is 1. The van der Waals surface area contributed by atoms with Gasteiger partial charge in [0.2, 0.25) is 12.8 Å². The molecule has 4 heteroatoms. The topological polar surface area (TPSA) is 49.4 Å². The van der Waals surface area contributed by atoms with Crippen LogP contribution in [0.3, 0.4) is 0 Å². The van der Waals surface area contributed by atoms with Crippen molar-refractivity contribution < 1.29 is 9.59 Å². The molecule has 122 valence electrons. The SMILES string of the molecule is O=CN[C@@]1(N(C=O)C2CCc3ccccc32)CCc2ccccc21. The van der Waals surface area contributed by atoms with E-state index in [9.17, 15) is 9.59 Å². The van der Waals surface area contributed by atoms with Crippen molar-refractivity contribution in [2.45, 2.75) is 37.4 Å². The number of benzene rings is 2.